The van der Waals surface area contributed by atoms with Gasteiger partial charge in [0, 0.05) is 18.5 Å². The van der Waals surface area contributed by atoms with Crippen LogP contribution in [0.2, 0.25) is 0 Å². The summed E-state index contributed by atoms with van der Waals surface area (Å²) >= 11 is 5.61. The van der Waals surface area contributed by atoms with Crippen molar-refractivity contribution in [3.05, 3.63) is 58.2 Å². The Labute approximate surface area is 164 Å². The van der Waals surface area contributed by atoms with Crippen molar-refractivity contribution in [2.75, 3.05) is 13.1 Å². The Balaban J connectivity index is 1.39. The van der Waals surface area contributed by atoms with Crippen molar-refractivity contribution >= 4 is 23.1 Å². The number of hydrogen-bond donors (Lipinski definition) is 0. The predicted octanol–water partition coefficient (Wildman–Crippen LogP) is 4.28. The van der Waals surface area contributed by atoms with Gasteiger partial charge in [-0.3, -0.25) is 4.90 Å². The van der Waals surface area contributed by atoms with Gasteiger partial charge in [0.25, 0.3) is 0 Å². The standard InChI is InChI=1S/C21H24N4OS/c1-15-7-8-16(2)20(13-15)26-17-9-11-24(12-10-17)14-25-21(27)18-5-3-4-6-19(18)22-23-25/h3-8,13,17H,9-12,14H2,1-2H3. The summed E-state index contributed by atoms with van der Waals surface area (Å²) in [4.78, 5) is 2.36. The van der Waals surface area contributed by atoms with E-state index in [2.05, 4.69) is 47.3 Å². The highest BCUT2D eigenvalue weighted by atomic mass is 32.1. The fourth-order valence-corrected chi connectivity index (χ4v) is 3.75. The van der Waals surface area contributed by atoms with Crippen molar-refractivity contribution in [3.63, 3.8) is 0 Å². The molecule has 0 spiro atoms. The Morgan fingerprint density at radius 3 is 2.70 bits per heavy atom. The van der Waals surface area contributed by atoms with Crippen molar-refractivity contribution in [2.24, 2.45) is 0 Å². The van der Waals surface area contributed by atoms with Crippen LogP contribution < -0.4 is 4.74 Å². The number of aryl methyl sites for hydroxylation is 2. The minimum Gasteiger partial charge on any atom is -0.490 e. The van der Waals surface area contributed by atoms with Crippen molar-refractivity contribution in [1.82, 2.24) is 19.9 Å². The van der Waals surface area contributed by atoms with Gasteiger partial charge in [0.1, 0.15) is 16.5 Å². The van der Waals surface area contributed by atoms with Crippen LogP contribution in [0.4, 0.5) is 0 Å². The highest BCUT2D eigenvalue weighted by Crippen LogP contribution is 2.24. The van der Waals surface area contributed by atoms with E-state index in [9.17, 15) is 0 Å². The van der Waals surface area contributed by atoms with Crippen LogP contribution in [0.3, 0.4) is 0 Å². The molecular weight excluding hydrogens is 356 g/mol. The van der Waals surface area contributed by atoms with E-state index >= 15 is 0 Å². The van der Waals surface area contributed by atoms with Crippen molar-refractivity contribution < 1.29 is 4.74 Å². The molecule has 1 fully saturated rings. The molecule has 1 saturated heterocycles. The number of likely N-dealkylation sites (tertiary alicyclic amines) is 1. The molecular formula is C21H24N4OS. The highest BCUT2D eigenvalue weighted by molar-refractivity contribution is 7.71. The number of aromatic nitrogens is 3. The average molecular weight is 381 g/mol. The maximum atomic E-state index is 6.26. The molecule has 0 saturated carbocycles. The van der Waals surface area contributed by atoms with Crippen LogP contribution in [0.25, 0.3) is 10.9 Å². The molecule has 1 aliphatic rings. The molecule has 0 aliphatic carbocycles. The van der Waals surface area contributed by atoms with Crippen LogP contribution in [0.1, 0.15) is 24.0 Å². The Morgan fingerprint density at radius 2 is 1.89 bits per heavy atom. The summed E-state index contributed by atoms with van der Waals surface area (Å²) < 4.78 is 8.83. The lowest BCUT2D eigenvalue weighted by Crippen LogP contribution is -2.39. The molecule has 27 heavy (non-hydrogen) atoms. The normalized spacial score (nSPS) is 15.9. The molecule has 0 amide bonds. The molecule has 1 aliphatic heterocycles. The van der Waals surface area contributed by atoms with Gasteiger partial charge in [-0.05, 0) is 56.0 Å². The van der Waals surface area contributed by atoms with E-state index in [-0.39, 0.29) is 6.10 Å². The summed E-state index contributed by atoms with van der Waals surface area (Å²) in [6.45, 7) is 6.80. The second-order valence-corrected chi connectivity index (χ2v) is 7.64. The fraction of sp³-hybridized carbons (Fsp3) is 0.381. The second kappa shape index (κ2) is 7.74. The molecule has 0 radical (unpaired) electrons. The molecule has 3 aromatic rings. The van der Waals surface area contributed by atoms with Crippen LogP contribution >= 0.6 is 12.2 Å². The maximum absolute atomic E-state index is 6.26. The molecule has 4 rings (SSSR count). The van der Waals surface area contributed by atoms with Crippen LogP contribution in [0.5, 0.6) is 5.75 Å². The first kappa shape index (κ1) is 18.1. The Kier molecular flexibility index (Phi) is 5.18. The van der Waals surface area contributed by atoms with Crippen LogP contribution in [-0.2, 0) is 6.67 Å². The summed E-state index contributed by atoms with van der Waals surface area (Å²) in [5.41, 5.74) is 3.28. The lowest BCUT2D eigenvalue weighted by Gasteiger charge is -2.32. The summed E-state index contributed by atoms with van der Waals surface area (Å²) in [5, 5.41) is 9.57. The van der Waals surface area contributed by atoms with E-state index in [0.717, 1.165) is 47.2 Å². The largest absolute Gasteiger partial charge is 0.490 e. The van der Waals surface area contributed by atoms with E-state index in [1.807, 2.05) is 28.9 Å². The van der Waals surface area contributed by atoms with E-state index in [4.69, 9.17) is 17.0 Å². The van der Waals surface area contributed by atoms with Gasteiger partial charge < -0.3 is 4.74 Å². The van der Waals surface area contributed by atoms with E-state index in [1.54, 1.807) is 0 Å². The molecule has 0 bridgehead atoms. The molecule has 2 aromatic carbocycles. The van der Waals surface area contributed by atoms with E-state index < -0.39 is 0 Å². The van der Waals surface area contributed by atoms with Crippen molar-refractivity contribution in [2.45, 2.75) is 39.5 Å². The zero-order valence-electron chi connectivity index (χ0n) is 15.8. The van der Waals surface area contributed by atoms with Gasteiger partial charge in [-0.15, -0.1) is 5.10 Å². The number of hydrogen-bond acceptors (Lipinski definition) is 5. The monoisotopic (exact) mass is 380 g/mol. The lowest BCUT2D eigenvalue weighted by atomic mass is 10.1. The third-order valence-corrected chi connectivity index (χ3v) is 5.57. The average Bonchev–Trinajstić information content (AvgIpc) is 2.68. The molecule has 140 valence electrons. The van der Waals surface area contributed by atoms with Crippen molar-refractivity contribution in [1.29, 1.82) is 0 Å². The Bertz CT molecular complexity index is 1010. The maximum Gasteiger partial charge on any atom is 0.135 e. The SMILES string of the molecule is Cc1ccc(C)c(OC2CCN(Cn3nnc4ccccc4c3=S)CC2)c1. The highest BCUT2D eigenvalue weighted by Gasteiger charge is 2.21. The van der Waals surface area contributed by atoms with Gasteiger partial charge in [-0.1, -0.05) is 41.7 Å². The van der Waals surface area contributed by atoms with Gasteiger partial charge in [-0.25, -0.2) is 4.68 Å². The minimum atomic E-state index is 0.261. The van der Waals surface area contributed by atoms with Crippen LogP contribution in [-0.4, -0.2) is 39.1 Å². The summed E-state index contributed by atoms with van der Waals surface area (Å²) in [7, 11) is 0. The smallest absolute Gasteiger partial charge is 0.135 e. The van der Waals surface area contributed by atoms with E-state index in [1.165, 1.54) is 11.1 Å². The fourth-order valence-electron chi connectivity index (χ4n) is 3.49. The molecule has 1 aromatic heterocycles. The Morgan fingerprint density at radius 1 is 1.11 bits per heavy atom. The topological polar surface area (TPSA) is 43.2 Å². The summed E-state index contributed by atoms with van der Waals surface area (Å²) in [5.74, 6) is 1.01. The number of rotatable bonds is 4. The first-order valence-corrected chi connectivity index (χ1v) is 9.80. The number of ether oxygens (including phenoxy) is 1. The van der Waals surface area contributed by atoms with Crippen LogP contribution in [0, 0.1) is 18.5 Å². The zero-order chi connectivity index (χ0) is 18.8. The minimum absolute atomic E-state index is 0.261. The third-order valence-electron chi connectivity index (χ3n) is 5.14. The number of fused-ring (bicyclic) bond motifs is 1. The van der Waals surface area contributed by atoms with Gasteiger partial charge in [0.15, 0.2) is 0 Å². The Hall–Kier alpha value is -2.31. The molecule has 2 heterocycles. The number of benzene rings is 2. The number of piperidine rings is 1. The molecule has 5 nitrogen and oxygen atoms in total. The summed E-state index contributed by atoms with van der Waals surface area (Å²) in [6.07, 6.45) is 2.26. The molecule has 6 heteroatoms. The summed E-state index contributed by atoms with van der Waals surface area (Å²) in [6, 6.07) is 14.3. The molecule has 0 atom stereocenters. The first-order valence-electron chi connectivity index (χ1n) is 9.39. The van der Waals surface area contributed by atoms with Gasteiger partial charge in [0.2, 0.25) is 0 Å². The van der Waals surface area contributed by atoms with Crippen molar-refractivity contribution in [3.8, 4) is 5.75 Å². The lowest BCUT2D eigenvalue weighted by molar-refractivity contribution is 0.0788. The van der Waals surface area contributed by atoms with Crippen LogP contribution in [0.15, 0.2) is 42.5 Å². The quantitative estimate of drug-likeness (QED) is 0.632. The molecule has 0 N–H and O–H groups in total. The van der Waals surface area contributed by atoms with Gasteiger partial charge >= 0.3 is 0 Å². The first-order chi connectivity index (χ1) is 13.1. The molecule has 0 unspecified atom stereocenters. The third kappa shape index (κ3) is 4.01. The predicted molar refractivity (Wildman–Crippen MR) is 110 cm³/mol. The van der Waals surface area contributed by atoms with E-state index in [0.29, 0.717) is 6.67 Å². The second-order valence-electron chi connectivity index (χ2n) is 7.26. The number of nitrogens with zero attached hydrogens (tertiary/aromatic N) is 4. The van der Waals surface area contributed by atoms with Gasteiger partial charge in [0.05, 0.1) is 12.2 Å². The van der Waals surface area contributed by atoms with Gasteiger partial charge in [-0.2, -0.15) is 0 Å². The zero-order valence-corrected chi connectivity index (χ0v) is 16.6.